The average Bonchev–Trinajstić information content (AvgIpc) is 2.59. The topological polar surface area (TPSA) is 84.4 Å². The molecule has 1 unspecified atom stereocenters. The van der Waals surface area contributed by atoms with Gasteiger partial charge in [0, 0.05) is 6.54 Å². The Labute approximate surface area is 92.5 Å². The molecule has 1 aliphatic heterocycles. The molecule has 0 aromatic carbocycles. The van der Waals surface area contributed by atoms with E-state index in [0.717, 1.165) is 19.5 Å². The molecule has 0 amide bonds. The van der Waals surface area contributed by atoms with E-state index in [1.807, 2.05) is 0 Å². The first kappa shape index (κ1) is 11.0. The lowest BCUT2D eigenvalue weighted by Crippen LogP contribution is -2.43. The second kappa shape index (κ2) is 4.58. The molecule has 2 heterocycles. The van der Waals surface area contributed by atoms with Crippen molar-refractivity contribution in [2.24, 2.45) is 0 Å². The van der Waals surface area contributed by atoms with Crippen LogP contribution in [-0.2, 0) is 6.54 Å². The molecule has 0 radical (unpaired) electrons. The van der Waals surface area contributed by atoms with Crippen LogP contribution in [0.15, 0.2) is 12.4 Å². The highest BCUT2D eigenvalue weighted by molar-refractivity contribution is 5.06. The molecule has 1 aromatic rings. The Bertz CT molecular complexity index is 375. The van der Waals surface area contributed by atoms with E-state index in [4.69, 9.17) is 0 Å². The lowest BCUT2D eigenvalue weighted by molar-refractivity contribution is -0.397. The monoisotopic (exact) mass is 226 g/mol. The Hall–Kier alpha value is -1.47. The van der Waals surface area contributed by atoms with Gasteiger partial charge in [-0.2, -0.15) is 0 Å². The lowest BCUT2D eigenvalue weighted by Gasteiger charge is -2.32. The quantitative estimate of drug-likeness (QED) is 0.558. The predicted octanol–water partition coefficient (Wildman–Crippen LogP) is -0.142. The zero-order valence-corrected chi connectivity index (χ0v) is 8.82. The van der Waals surface area contributed by atoms with Crippen molar-refractivity contribution >= 4 is 5.95 Å². The van der Waals surface area contributed by atoms with Gasteiger partial charge in [0.2, 0.25) is 0 Å². The van der Waals surface area contributed by atoms with Gasteiger partial charge in [0.15, 0.2) is 0 Å². The first-order valence-electron chi connectivity index (χ1n) is 5.23. The molecule has 88 valence electrons. The Balaban J connectivity index is 1.91. The molecule has 0 spiro atoms. The van der Waals surface area contributed by atoms with Crippen molar-refractivity contribution in [1.29, 1.82) is 0 Å². The summed E-state index contributed by atoms with van der Waals surface area (Å²) < 4.78 is 1.37. The summed E-state index contributed by atoms with van der Waals surface area (Å²) in [5.74, 6) is -0.220. The summed E-state index contributed by atoms with van der Waals surface area (Å²) in [6.45, 7) is 2.79. The summed E-state index contributed by atoms with van der Waals surface area (Å²) in [6, 6.07) is 0. The number of β-amino-alcohol motifs (C(OH)–C–C–N with tert-alkyl or cyclic N) is 1. The van der Waals surface area contributed by atoms with Crippen molar-refractivity contribution in [3.05, 3.63) is 22.5 Å². The standard InChI is InChI=1S/C9H14N4O3/c14-8(6-11-3-1-4-11)7-12-5-2-10-9(12)13(15)16/h2,5,8,14H,1,3-4,6-7H2. The molecule has 0 bridgehead atoms. The van der Waals surface area contributed by atoms with Crippen LogP contribution in [0.2, 0.25) is 0 Å². The highest BCUT2D eigenvalue weighted by atomic mass is 16.6. The number of rotatable bonds is 5. The predicted molar refractivity (Wildman–Crippen MR) is 55.9 cm³/mol. The van der Waals surface area contributed by atoms with Crippen molar-refractivity contribution in [3.8, 4) is 0 Å². The van der Waals surface area contributed by atoms with Crippen molar-refractivity contribution in [1.82, 2.24) is 14.5 Å². The first-order valence-corrected chi connectivity index (χ1v) is 5.23. The molecule has 1 atom stereocenters. The Morgan fingerprint density at radius 2 is 2.31 bits per heavy atom. The number of hydrogen-bond acceptors (Lipinski definition) is 5. The van der Waals surface area contributed by atoms with Gasteiger partial charge in [-0.15, -0.1) is 0 Å². The van der Waals surface area contributed by atoms with Crippen molar-refractivity contribution in [2.45, 2.75) is 19.1 Å². The molecule has 1 saturated heterocycles. The number of aliphatic hydroxyl groups excluding tert-OH is 1. The van der Waals surface area contributed by atoms with Crippen molar-refractivity contribution in [2.75, 3.05) is 19.6 Å². The highest BCUT2D eigenvalue weighted by Gasteiger charge is 2.21. The minimum absolute atomic E-state index is 0.215. The second-order valence-electron chi connectivity index (χ2n) is 3.94. The summed E-state index contributed by atoms with van der Waals surface area (Å²) in [4.78, 5) is 15.8. The maximum absolute atomic E-state index is 10.6. The van der Waals surface area contributed by atoms with Gasteiger partial charge in [0.05, 0.1) is 12.6 Å². The SMILES string of the molecule is O=[N+]([O-])c1nccn1CC(O)CN1CCC1. The van der Waals surface area contributed by atoms with E-state index >= 15 is 0 Å². The van der Waals surface area contributed by atoms with Gasteiger partial charge in [-0.3, -0.25) is 0 Å². The van der Waals surface area contributed by atoms with Gasteiger partial charge in [-0.05, 0) is 24.4 Å². The van der Waals surface area contributed by atoms with E-state index in [2.05, 4.69) is 9.88 Å². The average molecular weight is 226 g/mol. The molecular formula is C9H14N4O3. The number of likely N-dealkylation sites (tertiary alicyclic amines) is 1. The molecule has 0 saturated carbocycles. The largest absolute Gasteiger partial charge is 0.434 e. The van der Waals surface area contributed by atoms with Crippen LogP contribution in [0.3, 0.4) is 0 Å². The Morgan fingerprint density at radius 1 is 1.56 bits per heavy atom. The van der Waals surface area contributed by atoms with Crippen LogP contribution < -0.4 is 0 Å². The van der Waals surface area contributed by atoms with E-state index in [-0.39, 0.29) is 12.5 Å². The molecule has 7 nitrogen and oxygen atoms in total. The zero-order chi connectivity index (χ0) is 11.5. The molecule has 1 aromatic heterocycles. The summed E-state index contributed by atoms with van der Waals surface area (Å²) in [5, 5.41) is 20.3. The fraction of sp³-hybridized carbons (Fsp3) is 0.667. The van der Waals surface area contributed by atoms with Crippen LogP contribution >= 0.6 is 0 Å². The van der Waals surface area contributed by atoms with Crippen molar-refractivity contribution in [3.63, 3.8) is 0 Å². The van der Waals surface area contributed by atoms with E-state index in [1.165, 1.54) is 17.0 Å². The number of hydrogen-bond donors (Lipinski definition) is 1. The normalized spacial score (nSPS) is 18.1. The summed E-state index contributed by atoms with van der Waals surface area (Å²) in [7, 11) is 0. The smallest absolute Gasteiger partial charge is 0.390 e. The van der Waals surface area contributed by atoms with Crippen LogP contribution in [0.5, 0.6) is 0 Å². The van der Waals surface area contributed by atoms with Crippen LogP contribution in [0.4, 0.5) is 5.95 Å². The summed E-state index contributed by atoms with van der Waals surface area (Å²) in [5.41, 5.74) is 0. The molecule has 0 aliphatic carbocycles. The minimum Gasteiger partial charge on any atom is -0.390 e. The molecule has 7 heteroatoms. The minimum atomic E-state index is -0.590. The van der Waals surface area contributed by atoms with Crippen LogP contribution in [0, 0.1) is 10.1 Å². The van der Waals surface area contributed by atoms with E-state index in [0.29, 0.717) is 6.54 Å². The number of nitro groups is 1. The zero-order valence-electron chi connectivity index (χ0n) is 8.82. The molecular weight excluding hydrogens is 212 g/mol. The van der Waals surface area contributed by atoms with Crippen LogP contribution in [0.25, 0.3) is 0 Å². The maximum Gasteiger partial charge on any atom is 0.434 e. The Morgan fingerprint density at radius 3 is 2.88 bits per heavy atom. The molecule has 1 fully saturated rings. The fourth-order valence-electron chi connectivity index (χ4n) is 1.76. The molecule has 1 aliphatic rings. The van der Waals surface area contributed by atoms with Gasteiger partial charge in [0.25, 0.3) is 0 Å². The van der Waals surface area contributed by atoms with E-state index in [9.17, 15) is 15.2 Å². The molecule has 16 heavy (non-hydrogen) atoms. The number of aromatic nitrogens is 2. The lowest BCUT2D eigenvalue weighted by atomic mass is 10.2. The summed E-state index contributed by atoms with van der Waals surface area (Å²) in [6.07, 6.45) is 3.46. The summed E-state index contributed by atoms with van der Waals surface area (Å²) >= 11 is 0. The number of aliphatic hydroxyl groups is 1. The van der Waals surface area contributed by atoms with Gasteiger partial charge < -0.3 is 20.1 Å². The second-order valence-corrected chi connectivity index (χ2v) is 3.94. The fourth-order valence-corrected chi connectivity index (χ4v) is 1.76. The molecule has 1 N–H and O–H groups in total. The van der Waals surface area contributed by atoms with E-state index < -0.39 is 11.0 Å². The Kier molecular flexibility index (Phi) is 3.16. The van der Waals surface area contributed by atoms with Gasteiger partial charge in [-0.25, -0.2) is 4.57 Å². The third-order valence-corrected chi connectivity index (χ3v) is 2.68. The highest BCUT2D eigenvalue weighted by Crippen LogP contribution is 2.11. The number of nitrogens with zero attached hydrogens (tertiary/aromatic N) is 4. The van der Waals surface area contributed by atoms with E-state index in [1.54, 1.807) is 0 Å². The van der Waals surface area contributed by atoms with Gasteiger partial charge in [-0.1, -0.05) is 4.98 Å². The van der Waals surface area contributed by atoms with Gasteiger partial charge in [0.1, 0.15) is 12.4 Å². The first-order chi connectivity index (χ1) is 7.66. The van der Waals surface area contributed by atoms with Gasteiger partial charge >= 0.3 is 5.95 Å². The van der Waals surface area contributed by atoms with Crippen molar-refractivity contribution < 1.29 is 10.0 Å². The van der Waals surface area contributed by atoms with Crippen LogP contribution in [-0.4, -0.2) is 50.2 Å². The maximum atomic E-state index is 10.6. The third-order valence-electron chi connectivity index (χ3n) is 2.68. The molecule has 2 rings (SSSR count). The van der Waals surface area contributed by atoms with Crippen LogP contribution in [0.1, 0.15) is 6.42 Å². The number of imidazole rings is 1. The third kappa shape index (κ3) is 2.37.